The third kappa shape index (κ3) is 3.58. The van der Waals surface area contributed by atoms with Crippen LogP contribution in [0.4, 0.5) is 13.2 Å². The molecule has 0 unspecified atom stereocenters. The maximum Gasteiger partial charge on any atom is 0.418 e. The largest absolute Gasteiger partial charge is 0.418 e. The molecule has 150 valence electrons. The molecule has 11 heteroatoms. The Hall–Kier alpha value is -2.20. The van der Waals surface area contributed by atoms with Gasteiger partial charge in [-0.25, -0.2) is 9.97 Å². The zero-order chi connectivity index (χ0) is 20.8. The van der Waals surface area contributed by atoms with E-state index in [2.05, 4.69) is 15.1 Å². The van der Waals surface area contributed by atoms with E-state index >= 15 is 0 Å². The highest BCUT2D eigenvalue weighted by Gasteiger charge is 2.40. The first kappa shape index (κ1) is 20.5. The van der Waals surface area contributed by atoms with Crippen LogP contribution in [0.2, 0.25) is 5.15 Å². The fraction of sp³-hybridized carbons (Fsp3) is 0.412. The molecule has 0 amide bonds. The van der Waals surface area contributed by atoms with Crippen molar-refractivity contribution in [1.29, 1.82) is 5.41 Å². The second-order valence-electron chi connectivity index (χ2n) is 6.46. The number of rotatable bonds is 4. The van der Waals surface area contributed by atoms with E-state index in [1.807, 2.05) is 20.8 Å². The standard InChI is InChI=1S/C17H18ClF3N6S/c1-5-26(4)14(22)15-23-13(18)10-11(17(19,20)21)12(28-16(10)24-15)9-6-7-27(25-9)8(2)3/h6-8,22H,5H2,1-4H3. The van der Waals surface area contributed by atoms with Crippen molar-refractivity contribution < 1.29 is 13.2 Å². The number of halogens is 4. The Kier molecular flexibility index (Phi) is 5.37. The Morgan fingerprint density at radius 3 is 2.57 bits per heavy atom. The summed E-state index contributed by atoms with van der Waals surface area (Å²) in [6.07, 6.45) is -3.02. The van der Waals surface area contributed by atoms with Crippen LogP contribution in [0.15, 0.2) is 12.3 Å². The van der Waals surface area contributed by atoms with Crippen molar-refractivity contribution in [1.82, 2.24) is 24.6 Å². The maximum atomic E-state index is 13.9. The van der Waals surface area contributed by atoms with Gasteiger partial charge in [0.05, 0.1) is 15.8 Å². The average molecular weight is 431 g/mol. The number of hydrogen-bond donors (Lipinski definition) is 1. The summed E-state index contributed by atoms with van der Waals surface area (Å²) in [5.74, 6) is -0.0324. The third-order valence-corrected chi connectivity index (χ3v) is 5.61. The Bertz CT molecular complexity index is 1040. The second-order valence-corrected chi connectivity index (χ2v) is 7.82. The summed E-state index contributed by atoms with van der Waals surface area (Å²) in [5, 5.41) is 11.8. The molecule has 1 N–H and O–H groups in total. The number of alkyl halides is 3. The average Bonchev–Trinajstić information content (AvgIpc) is 3.24. The van der Waals surface area contributed by atoms with E-state index in [1.165, 1.54) is 6.07 Å². The molecule has 0 aliphatic heterocycles. The van der Waals surface area contributed by atoms with E-state index in [1.54, 1.807) is 22.8 Å². The minimum atomic E-state index is -4.66. The van der Waals surface area contributed by atoms with Crippen LogP contribution in [0.1, 0.15) is 38.2 Å². The molecule has 3 heterocycles. The van der Waals surface area contributed by atoms with Gasteiger partial charge in [0.2, 0.25) is 0 Å². The summed E-state index contributed by atoms with van der Waals surface area (Å²) in [5.41, 5.74) is -0.698. The minimum Gasteiger partial charge on any atom is -0.357 e. The van der Waals surface area contributed by atoms with E-state index in [4.69, 9.17) is 17.0 Å². The zero-order valence-electron chi connectivity index (χ0n) is 15.6. The number of nitrogens with one attached hydrogen (secondary N) is 1. The lowest BCUT2D eigenvalue weighted by Crippen LogP contribution is -2.28. The van der Waals surface area contributed by atoms with Gasteiger partial charge in [-0.2, -0.15) is 18.3 Å². The molecule has 0 aliphatic carbocycles. The van der Waals surface area contributed by atoms with Gasteiger partial charge in [0.1, 0.15) is 15.7 Å². The van der Waals surface area contributed by atoms with E-state index in [-0.39, 0.29) is 43.6 Å². The van der Waals surface area contributed by atoms with Crippen molar-refractivity contribution in [2.45, 2.75) is 33.0 Å². The Labute approximate surface area is 168 Å². The van der Waals surface area contributed by atoms with Crippen LogP contribution in [0, 0.1) is 5.41 Å². The molecule has 3 aromatic rings. The van der Waals surface area contributed by atoms with E-state index in [0.29, 0.717) is 6.54 Å². The Morgan fingerprint density at radius 2 is 2.04 bits per heavy atom. The molecule has 3 rings (SSSR count). The Morgan fingerprint density at radius 1 is 1.36 bits per heavy atom. The summed E-state index contributed by atoms with van der Waals surface area (Å²) in [6, 6.07) is 1.55. The topological polar surface area (TPSA) is 70.7 Å². The van der Waals surface area contributed by atoms with Gasteiger partial charge in [0.25, 0.3) is 0 Å². The molecule has 0 bridgehead atoms. The molecular formula is C17H18ClF3N6S. The predicted molar refractivity (Wildman–Crippen MR) is 104 cm³/mol. The number of hydrogen-bond acceptors (Lipinski definition) is 5. The number of nitrogens with zero attached hydrogens (tertiary/aromatic N) is 5. The van der Waals surface area contributed by atoms with Crippen molar-refractivity contribution in [3.05, 3.63) is 28.8 Å². The maximum absolute atomic E-state index is 13.9. The molecule has 0 fully saturated rings. The first-order valence-corrected chi connectivity index (χ1v) is 9.66. The van der Waals surface area contributed by atoms with E-state index in [9.17, 15) is 13.2 Å². The lowest BCUT2D eigenvalue weighted by molar-refractivity contribution is -0.135. The summed E-state index contributed by atoms with van der Waals surface area (Å²) < 4.78 is 43.3. The van der Waals surface area contributed by atoms with Crippen molar-refractivity contribution >= 4 is 39.0 Å². The summed E-state index contributed by atoms with van der Waals surface area (Å²) in [4.78, 5) is 9.72. The van der Waals surface area contributed by atoms with Crippen molar-refractivity contribution in [2.24, 2.45) is 0 Å². The van der Waals surface area contributed by atoms with Gasteiger partial charge >= 0.3 is 6.18 Å². The highest BCUT2D eigenvalue weighted by molar-refractivity contribution is 7.22. The van der Waals surface area contributed by atoms with Crippen molar-refractivity contribution in [3.63, 3.8) is 0 Å². The molecule has 0 aromatic carbocycles. The Balaban J connectivity index is 2.26. The van der Waals surface area contributed by atoms with Gasteiger partial charge in [0.15, 0.2) is 11.7 Å². The molecule has 0 atom stereocenters. The highest BCUT2D eigenvalue weighted by Crippen LogP contribution is 2.47. The molecule has 0 radical (unpaired) electrons. The van der Waals surface area contributed by atoms with Crippen LogP contribution in [0.5, 0.6) is 0 Å². The molecule has 0 spiro atoms. The van der Waals surface area contributed by atoms with Gasteiger partial charge in [-0.05, 0) is 26.8 Å². The fourth-order valence-corrected chi connectivity index (χ4v) is 4.07. The number of amidine groups is 1. The van der Waals surface area contributed by atoms with Crippen LogP contribution in [0.25, 0.3) is 20.8 Å². The molecule has 0 saturated heterocycles. The fourth-order valence-electron chi connectivity index (χ4n) is 2.59. The van der Waals surface area contributed by atoms with Crippen molar-refractivity contribution in [2.75, 3.05) is 13.6 Å². The molecule has 6 nitrogen and oxygen atoms in total. The molecule has 0 saturated carbocycles. The summed E-state index contributed by atoms with van der Waals surface area (Å²) in [7, 11) is 1.67. The molecular weight excluding hydrogens is 413 g/mol. The van der Waals surface area contributed by atoms with Gasteiger partial charge < -0.3 is 4.90 Å². The summed E-state index contributed by atoms with van der Waals surface area (Å²) >= 11 is 6.98. The first-order chi connectivity index (χ1) is 13.0. The van der Waals surface area contributed by atoms with Crippen LogP contribution in [0.3, 0.4) is 0 Å². The lowest BCUT2D eigenvalue weighted by atomic mass is 10.1. The second kappa shape index (κ2) is 7.32. The van der Waals surface area contributed by atoms with Crippen LogP contribution < -0.4 is 0 Å². The lowest BCUT2D eigenvalue weighted by Gasteiger charge is -2.16. The number of aromatic nitrogens is 4. The van der Waals surface area contributed by atoms with Gasteiger partial charge in [-0.15, -0.1) is 11.3 Å². The first-order valence-electron chi connectivity index (χ1n) is 8.47. The van der Waals surface area contributed by atoms with Gasteiger partial charge in [-0.1, -0.05) is 11.6 Å². The van der Waals surface area contributed by atoms with Crippen molar-refractivity contribution in [3.8, 4) is 10.6 Å². The number of fused-ring (bicyclic) bond motifs is 1. The van der Waals surface area contributed by atoms with Crippen LogP contribution in [-0.4, -0.2) is 44.1 Å². The van der Waals surface area contributed by atoms with Gasteiger partial charge in [0, 0.05) is 25.8 Å². The van der Waals surface area contributed by atoms with Crippen LogP contribution >= 0.6 is 22.9 Å². The quantitative estimate of drug-likeness (QED) is 0.356. The monoisotopic (exact) mass is 430 g/mol. The highest BCUT2D eigenvalue weighted by atomic mass is 35.5. The molecule has 0 aliphatic rings. The third-order valence-electron chi connectivity index (χ3n) is 4.23. The summed E-state index contributed by atoms with van der Waals surface area (Å²) in [6.45, 7) is 6.13. The smallest absolute Gasteiger partial charge is 0.357 e. The number of thiophene rings is 1. The normalized spacial score (nSPS) is 12.2. The zero-order valence-corrected chi connectivity index (χ0v) is 17.2. The SMILES string of the molecule is CCN(C)C(=N)c1nc(Cl)c2c(C(F)(F)F)c(-c3ccn(C(C)C)n3)sc2n1. The van der Waals surface area contributed by atoms with E-state index < -0.39 is 11.7 Å². The van der Waals surface area contributed by atoms with Crippen LogP contribution in [-0.2, 0) is 6.18 Å². The predicted octanol–water partition coefficient (Wildman–Crippen LogP) is 5.08. The minimum absolute atomic E-state index is 0.0116. The molecule has 3 aromatic heterocycles. The van der Waals surface area contributed by atoms with E-state index in [0.717, 1.165) is 11.3 Å². The van der Waals surface area contributed by atoms with Gasteiger partial charge in [-0.3, -0.25) is 10.1 Å². The molecule has 28 heavy (non-hydrogen) atoms.